The summed E-state index contributed by atoms with van der Waals surface area (Å²) in [5.74, 6) is 0.0601. The van der Waals surface area contributed by atoms with E-state index >= 15 is 0 Å². The second kappa shape index (κ2) is 10.5. The highest BCUT2D eigenvalue weighted by Gasteiger charge is 2.39. The lowest BCUT2D eigenvalue weighted by Crippen LogP contribution is -2.52. The van der Waals surface area contributed by atoms with Crippen molar-refractivity contribution in [1.29, 1.82) is 0 Å². The van der Waals surface area contributed by atoms with Gasteiger partial charge >= 0.3 is 0 Å². The Morgan fingerprint density at radius 1 is 0.971 bits per heavy atom. The average molecular weight is 493 g/mol. The summed E-state index contributed by atoms with van der Waals surface area (Å²) < 4.78 is 0. The maximum absolute atomic E-state index is 13.0. The summed E-state index contributed by atoms with van der Waals surface area (Å²) in [6, 6.07) is 14.1. The topological polar surface area (TPSA) is 73.0 Å². The standard InChI is InChI=1S/C27H32N4O3S/c1-29-13-15-30(16-14-29)12-11-19-5-7-20(8-6-19)18-35-24-4-2-3-21-22(24)17-31(27(21)34)23-9-10-25(32)28-26(23)33/h2-8,23H,9-18H2,1H3,(H,28,32,33). The lowest BCUT2D eigenvalue weighted by Gasteiger charge is -2.32. The van der Waals surface area contributed by atoms with Crippen molar-refractivity contribution in [2.45, 2.75) is 42.5 Å². The Hall–Kier alpha value is -2.68. The zero-order valence-electron chi connectivity index (χ0n) is 20.2. The van der Waals surface area contributed by atoms with E-state index in [4.69, 9.17) is 0 Å². The number of rotatable bonds is 7. The minimum Gasteiger partial charge on any atom is -0.322 e. The van der Waals surface area contributed by atoms with Crippen LogP contribution in [-0.4, -0.2) is 78.2 Å². The molecule has 1 atom stereocenters. The van der Waals surface area contributed by atoms with Crippen LogP contribution in [0.3, 0.4) is 0 Å². The Labute approximate surface area is 210 Å². The van der Waals surface area contributed by atoms with Crippen molar-refractivity contribution in [3.8, 4) is 0 Å². The van der Waals surface area contributed by atoms with Crippen molar-refractivity contribution in [3.63, 3.8) is 0 Å². The molecule has 2 saturated heterocycles. The largest absolute Gasteiger partial charge is 0.322 e. The van der Waals surface area contributed by atoms with Crippen molar-refractivity contribution in [2.24, 2.45) is 0 Å². The normalized spacial score (nSPS) is 21.3. The first-order chi connectivity index (χ1) is 17.0. The number of imide groups is 1. The first-order valence-electron chi connectivity index (χ1n) is 12.4. The van der Waals surface area contributed by atoms with Gasteiger partial charge in [-0.3, -0.25) is 19.7 Å². The van der Waals surface area contributed by atoms with Crippen LogP contribution >= 0.6 is 11.8 Å². The third-order valence-corrected chi connectivity index (χ3v) is 8.44. The number of piperidine rings is 1. The lowest BCUT2D eigenvalue weighted by atomic mass is 10.0. The van der Waals surface area contributed by atoms with Crippen LogP contribution in [0, 0.1) is 0 Å². The highest BCUT2D eigenvalue weighted by Crippen LogP contribution is 2.35. The maximum atomic E-state index is 13.0. The van der Waals surface area contributed by atoms with Crippen molar-refractivity contribution < 1.29 is 14.4 Å². The smallest absolute Gasteiger partial charge is 0.255 e. The van der Waals surface area contributed by atoms with E-state index in [0.29, 0.717) is 18.5 Å². The molecule has 0 bridgehead atoms. The van der Waals surface area contributed by atoms with Gasteiger partial charge in [-0.05, 0) is 48.7 Å². The minimum absolute atomic E-state index is 0.123. The number of carbonyl (C=O) groups is 3. The fourth-order valence-electron chi connectivity index (χ4n) is 5.01. The molecule has 5 rings (SSSR count). The Morgan fingerprint density at radius 2 is 1.71 bits per heavy atom. The zero-order valence-corrected chi connectivity index (χ0v) is 21.0. The molecular formula is C27H32N4O3S. The van der Waals surface area contributed by atoms with Crippen molar-refractivity contribution >= 4 is 29.5 Å². The summed E-state index contributed by atoms with van der Waals surface area (Å²) in [6.07, 6.45) is 1.72. The van der Waals surface area contributed by atoms with Crippen molar-refractivity contribution in [3.05, 3.63) is 64.7 Å². The van der Waals surface area contributed by atoms with Gasteiger partial charge in [0.25, 0.3) is 5.91 Å². The first kappa shape index (κ1) is 24.0. The summed E-state index contributed by atoms with van der Waals surface area (Å²) in [5.41, 5.74) is 4.26. The van der Waals surface area contributed by atoms with Crippen LogP contribution in [0.2, 0.25) is 0 Å². The monoisotopic (exact) mass is 492 g/mol. The summed E-state index contributed by atoms with van der Waals surface area (Å²) in [6.45, 7) is 6.11. The van der Waals surface area contributed by atoms with Crippen molar-refractivity contribution in [2.75, 3.05) is 39.8 Å². The molecule has 0 spiro atoms. The van der Waals surface area contributed by atoms with Gasteiger partial charge in [0.05, 0.1) is 0 Å². The molecule has 3 heterocycles. The molecule has 0 radical (unpaired) electrons. The molecule has 3 amide bonds. The molecule has 2 aromatic carbocycles. The van der Waals surface area contributed by atoms with Gasteiger partial charge in [-0.25, -0.2) is 0 Å². The van der Waals surface area contributed by atoms with Gasteiger partial charge in [0.1, 0.15) is 6.04 Å². The number of thioether (sulfide) groups is 1. The highest BCUT2D eigenvalue weighted by molar-refractivity contribution is 7.98. The van der Waals surface area contributed by atoms with E-state index in [1.165, 1.54) is 11.1 Å². The van der Waals surface area contributed by atoms with Gasteiger partial charge in [-0.2, -0.15) is 0 Å². The Kier molecular flexibility index (Phi) is 7.22. The average Bonchev–Trinajstić information content (AvgIpc) is 3.20. The van der Waals surface area contributed by atoms with Gasteiger partial charge in [0.15, 0.2) is 0 Å². The van der Waals surface area contributed by atoms with Crippen LogP contribution in [0.15, 0.2) is 47.4 Å². The molecule has 1 N–H and O–H groups in total. The second-order valence-electron chi connectivity index (χ2n) is 9.68. The van der Waals surface area contributed by atoms with E-state index < -0.39 is 6.04 Å². The van der Waals surface area contributed by atoms with Crippen LogP contribution in [0.5, 0.6) is 0 Å². The van der Waals surface area contributed by atoms with Gasteiger partial charge in [-0.1, -0.05) is 30.3 Å². The molecule has 2 fully saturated rings. The molecule has 0 aromatic heterocycles. The number of nitrogens with one attached hydrogen (secondary N) is 1. The summed E-state index contributed by atoms with van der Waals surface area (Å²) in [4.78, 5) is 44.5. The summed E-state index contributed by atoms with van der Waals surface area (Å²) in [7, 11) is 2.18. The molecule has 8 heteroatoms. The van der Waals surface area contributed by atoms with E-state index in [1.807, 2.05) is 12.1 Å². The number of hydrogen-bond donors (Lipinski definition) is 1. The number of benzene rings is 2. The van der Waals surface area contributed by atoms with Gasteiger partial charge in [-0.15, -0.1) is 11.8 Å². The van der Waals surface area contributed by atoms with Crippen LogP contribution < -0.4 is 5.32 Å². The number of nitrogens with zero attached hydrogens (tertiary/aromatic N) is 3. The Morgan fingerprint density at radius 3 is 2.46 bits per heavy atom. The third-order valence-electron chi connectivity index (χ3n) is 7.27. The highest BCUT2D eigenvalue weighted by atomic mass is 32.2. The third kappa shape index (κ3) is 5.44. The fraction of sp³-hybridized carbons (Fsp3) is 0.444. The Bertz CT molecular complexity index is 1110. The predicted molar refractivity (Wildman–Crippen MR) is 136 cm³/mol. The minimum atomic E-state index is -0.580. The van der Waals surface area contributed by atoms with E-state index in [0.717, 1.165) is 55.4 Å². The molecular weight excluding hydrogens is 460 g/mol. The van der Waals surface area contributed by atoms with E-state index in [1.54, 1.807) is 16.7 Å². The number of hydrogen-bond acceptors (Lipinski definition) is 6. The first-order valence-corrected chi connectivity index (χ1v) is 13.3. The van der Waals surface area contributed by atoms with Crippen LogP contribution in [0.25, 0.3) is 0 Å². The van der Waals surface area contributed by atoms with Gasteiger partial charge in [0, 0.05) is 61.9 Å². The number of likely N-dealkylation sites (N-methyl/N-ethyl adjacent to an activating group) is 1. The molecule has 2 aromatic rings. The van der Waals surface area contributed by atoms with E-state index in [2.05, 4.69) is 52.5 Å². The molecule has 7 nitrogen and oxygen atoms in total. The molecule has 184 valence electrons. The lowest BCUT2D eigenvalue weighted by molar-refractivity contribution is -0.136. The van der Waals surface area contributed by atoms with Crippen LogP contribution in [-0.2, 0) is 28.3 Å². The maximum Gasteiger partial charge on any atom is 0.255 e. The van der Waals surface area contributed by atoms with E-state index in [-0.39, 0.29) is 24.1 Å². The SMILES string of the molecule is CN1CCN(CCc2ccc(CSc3cccc4c3CN(C3CCC(=O)NC3=O)C4=O)cc2)CC1. The number of carbonyl (C=O) groups excluding carboxylic acids is 3. The number of fused-ring (bicyclic) bond motifs is 1. The molecule has 0 saturated carbocycles. The molecule has 3 aliphatic heterocycles. The quantitative estimate of drug-likeness (QED) is 0.473. The van der Waals surface area contributed by atoms with Gasteiger partial charge in [0.2, 0.25) is 11.8 Å². The predicted octanol–water partition coefficient (Wildman–Crippen LogP) is 2.53. The number of amides is 3. The zero-order chi connectivity index (χ0) is 24.4. The van der Waals surface area contributed by atoms with E-state index in [9.17, 15) is 14.4 Å². The number of piperazine rings is 1. The van der Waals surface area contributed by atoms with Crippen LogP contribution in [0.4, 0.5) is 0 Å². The van der Waals surface area contributed by atoms with Crippen molar-refractivity contribution in [1.82, 2.24) is 20.0 Å². The van der Waals surface area contributed by atoms with Gasteiger partial charge < -0.3 is 14.7 Å². The molecule has 0 aliphatic carbocycles. The summed E-state index contributed by atoms with van der Waals surface area (Å²) in [5, 5.41) is 2.37. The molecule has 3 aliphatic rings. The summed E-state index contributed by atoms with van der Waals surface area (Å²) >= 11 is 1.73. The van der Waals surface area contributed by atoms with Crippen LogP contribution in [0.1, 0.15) is 39.9 Å². The molecule has 1 unspecified atom stereocenters. The molecule has 35 heavy (non-hydrogen) atoms. The second-order valence-corrected chi connectivity index (χ2v) is 10.7. The Balaban J connectivity index is 1.18. The fourth-order valence-corrected chi connectivity index (χ4v) is 6.05.